The van der Waals surface area contributed by atoms with Gasteiger partial charge in [-0.2, -0.15) is 0 Å². The molecule has 1 unspecified atom stereocenters. The molecule has 0 bridgehead atoms. The minimum absolute atomic E-state index is 0.143. The second kappa shape index (κ2) is 7.70. The molecule has 1 amide bonds. The van der Waals surface area contributed by atoms with Crippen molar-refractivity contribution < 1.29 is 9.90 Å². The van der Waals surface area contributed by atoms with Gasteiger partial charge in [-0.25, -0.2) is 0 Å². The van der Waals surface area contributed by atoms with Crippen LogP contribution in [0.25, 0.3) is 10.4 Å². The van der Waals surface area contributed by atoms with Crippen molar-refractivity contribution in [2.24, 2.45) is 0 Å². The van der Waals surface area contributed by atoms with E-state index in [-0.39, 0.29) is 12.5 Å². The first-order chi connectivity index (χ1) is 11.6. The molecule has 0 fully saturated rings. The summed E-state index contributed by atoms with van der Waals surface area (Å²) in [5.41, 5.74) is 2.33. The Morgan fingerprint density at radius 2 is 2.04 bits per heavy atom. The number of aliphatic hydroxyl groups excluding tert-OH is 1. The Morgan fingerprint density at radius 3 is 2.71 bits per heavy atom. The van der Waals surface area contributed by atoms with Crippen LogP contribution < -0.4 is 5.32 Å². The summed E-state index contributed by atoms with van der Waals surface area (Å²) in [6.45, 7) is 0.143. The third-order valence-corrected chi connectivity index (χ3v) is 4.88. The Balaban J connectivity index is 1.60. The van der Waals surface area contributed by atoms with Crippen molar-refractivity contribution >= 4 is 33.2 Å². The number of aliphatic hydroxyl groups is 1. The zero-order valence-corrected chi connectivity index (χ0v) is 15.0. The molecule has 0 aliphatic heterocycles. The molecule has 122 valence electrons. The summed E-state index contributed by atoms with van der Waals surface area (Å²) in [5.74, 6) is -0.266. The van der Waals surface area contributed by atoms with Crippen molar-refractivity contribution in [2.45, 2.75) is 6.10 Å². The molecule has 0 saturated heterocycles. The monoisotopic (exact) mass is 402 g/mol. The first-order valence-corrected chi connectivity index (χ1v) is 9.01. The third kappa shape index (κ3) is 4.08. The van der Waals surface area contributed by atoms with Gasteiger partial charge in [0.25, 0.3) is 5.91 Å². The second-order valence-corrected chi connectivity index (χ2v) is 7.08. The average molecular weight is 403 g/mol. The van der Waals surface area contributed by atoms with Gasteiger partial charge in [0, 0.05) is 28.3 Å². The SMILES string of the molecule is O=C(NCC(O)c1ccc(-c2cccs2)cc1)c1cncc(Br)c1. The minimum atomic E-state index is -0.758. The molecule has 2 heterocycles. The van der Waals surface area contributed by atoms with E-state index >= 15 is 0 Å². The zero-order chi connectivity index (χ0) is 16.9. The van der Waals surface area contributed by atoms with E-state index in [0.717, 1.165) is 15.6 Å². The number of carbonyl (C=O) groups excluding carboxylic acids is 1. The quantitative estimate of drug-likeness (QED) is 0.676. The van der Waals surface area contributed by atoms with E-state index in [0.29, 0.717) is 5.56 Å². The van der Waals surface area contributed by atoms with Crippen molar-refractivity contribution in [2.75, 3.05) is 6.54 Å². The second-order valence-electron chi connectivity index (χ2n) is 5.22. The van der Waals surface area contributed by atoms with Gasteiger partial charge >= 0.3 is 0 Å². The van der Waals surface area contributed by atoms with E-state index in [1.807, 2.05) is 35.7 Å². The Morgan fingerprint density at radius 1 is 1.25 bits per heavy atom. The van der Waals surface area contributed by atoms with Gasteiger partial charge in [0.15, 0.2) is 0 Å². The van der Waals surface area contributed by atoms with E-state index in [9.17, 15) is 9.90 Å². The number of thiophene rings is 1. The van der Waals surface area contributed by atoms with Gasteiger partial charge in [-0.1, -0.05) is 30.3 Å². The lowest BCUT2D eigenvalue weighted by Crippen LogP contribution is -2.28. The van der Waals surface area contributed by atoms with E-state index in [1.165, 1.54) is 11.1 Å². The molecule has 24 heavy (non-hydrogen) atoms. The number of rotatable bonds is 5. The van der Waals surface area contributed by atoms with E-state index in [2.05, 4.69) is 32.3 Å². The van der Waals surface area contributed by atoms with Gasteiger partial charge in [-0.3, -0.25) is 9.78 Å². The highest BCUT2D eigenvalue weighted by Gasteiger charge is 2.12. The third-order valence-electron chi connectivity index (χ3n) is 3.52. The fraction of sp³-hybridized carbons (Fsp3) is 0.111. The van der Waals surface area contributed by atoms with E-state index in [1.54, 1.807) is 23.6 Å². The van der Waals surface area contributed by atoms with Crippen LogP contribution in [0.1, 0.15) is 22.0 Å². The summed E-state index contributed by atoms with van der Waals surface area (Å²) in [6.07, 6.45) is 2.34. The van der Waals surface area contributed by atoms with E-state index in [4.69, 9.17) is 0 Å². The highest BCUT2D eigenvalue weighted by molar-refractivity contribution is 9.10. The molecule has 3 aromatic rings. The predicted molar refractivity (Wildman–Crippen MR) is 99.0 cm³/mol. The summed E-state index contributed by atoms with van der Waals surface area (Å²) >= 11 is 4.95. The molecule has 2 aromatic heterocycles. The Hall–Kier alpha value is -2.02. The van der Waals surface area contributed by atoms with Crippen molar-refractivity contribution in [3.63, 3.8) is 0 Å². The van der Waals surface area contributed by atoms with Crippen LogP contribution in [-0.4, -0.2) is 22.5 Å². The van der Waals surface area contributed by atoms with Crippen LogP contribution in [0.15, 0.2) is 64.7 Å². The molecule has 4 nitrogen and oxygen atoms in total. The van der Waals surface area contributed by atoms with Gasteiger partial charge in [-0.05, 0) is 44.6 Å². The standard InChI is InChI=1S/C18H15BrN2O2S/c19-15-8-14(9-20-10-15)18(23)21-11-16(22)12-3-5-13(6-4-12)17-2-1-7-24-17/h1-10,16,22H,11H2,(H,21,23). The molecule has 1 aromatic carbocycles. The Labute approximate surface area is 152 Å². The smallest absolute Gasteiger partial charge is 0.252 e. The maximum absolute atomic E-state index is 12.1. The molecular weight excluding hydrogens is 388 g/mol. The first-order valence-electron chi connectivity index (χ1n) is 7.34. The molecule has 0 radical (unpaired) electrons. The van der Waals surface area contributed by atoms with Crippen LogP contribution >= 0.6 is 27.3 Å². The number of pyridine rings is 1. The highest BCUT2D eigenvalue weighted by atomic mass is 79.9. The van der Waals surface area contributed by atoms with E-state index < -0.39 is 6.10 Å². The number of hydrogen-bond donors (Lipinski definition) is 2. The normalized spacial score (nSPS) is 11.9. The molecular formula is C18H15BrN2O2S. The lowest BCUT2D eigenvalue weighted by Gasteiger charge is -2.13. The summed E-state index contributed by atoms with van der Waals surface area (Å²) in [5, 5.41) is 15.0. The number of amides is 1. The van der Waals surface area contributed by atoms with Gasteiger partial charge in [0.1, 0.15) is 0 Å². The topological polar surface area (TPSA) is 62.2 Å². The highest BCUT2D eigenvalue weighted by Crippen LogP contribution is 2.26. The van der Waals surface area contributed by atoms with Crippen LogP contribution in [0.5, 0.6) is 0 Å². The van der Waals surface area contributed by atoms with Gasteiger partial charge in [-0.15, -0.1) is 11.3 Å². The lowest BCUT2D eigenvalue weighted by molar-refractivity contribution is 0.0916. The summed E-state index contributed by atoms with van der Waals surface area (Å²) < 4.78 is 0.736. The van der Waals surface area contributed by atoms with Gasteiger partial charge in [0.05, 0.1) is 11.7 Å². The number of nitrogens with one attached hydrogen (secondary N) is 1. The molecule has 0 aliphatic carbocycles. The molecule has 0 spiro atoms. The zero-order valence-electron chi connectivity index (χ0n) is 12.6. The number of halogens is 1. The van der Waals surface area contributed by atoms with Crippen molar-refractivity contribution in [3.05, 3.63) is 75.8 Å². The van der Waals surface area contributed by atoms with Crippen molar-refractivity contribution in [1.29, 1.82) is 0 Å². The number of nitrogens with zero attached hydrogens (tertiary/aromatic N) is 1. The number of benzene rings is 1. The Kier molecular flexibility index (Phi) is 5.40. The maximum atomic E-state index is 12.1. The average Bonchev–Trinajstić information content (AvgIpc) is 3.14. The molecule has 6 heteroatoms. The molecule has 0 saturated carbocycles. The maximum Gasteiger partial charge on any atom is 0.252 e. The lowest BCUT2D eigenvalue weighted by atomic mass is 10.1. The number of aromatic nitrogens is 1. The van der Waals surface area contributed by atoms with Crippen LogP contribution in [0.2, 0.25) is 0 Å². The van der Waals surface area contributed by atoms with Crippen LogP contribution in [0.4, 0.5) is 0 Å². The fourth-order valence-electron chi connectivity index (χ4n) is 2.26. The van der Waals surface area contributed by atoms with Gasteiger partial charge in [0.2, 0.25) is 0 Å². The summed E-state index contributed by atoms with van der Waals surface area (Å²) in [6, 6.07) is 13.5. The summed E-state index contributed by atoms with van der Waals surface area (Å²) in [7, 11) is 0. The molecule has 3 rings (SSSR count). The van der Waals surface area contributed by atoms with Crippen molar-refractivity contribution in [1.82, 2.24) is 10.3 Å². The molecule has 1 atom stereocenters. The Bertz CT molecular complexity index is 819. The predicted octanol–water partition coefficient (Wildman–Crippen LogP) is 4.04. The number of hydrogen-bond acceptors (Lipinski definition) is 4. The summed E-state index contributed by atoms with van der Waals surface area (Å²) in [4.78, 5) is 17.2. The molecule has 0 aliphatic rings. The fourth-order valence-corrected chi connectivity index (χ4v) is 3.36. The van der Waals surface area contributed by atoms with Crippen LogP contribution in [-0.2, 0) is 0 Å². The molecule has 2 N–H and O–H groups in total. The van der Waals surface area contributed by atoms with Gasteiger partial charge < -0.3 is 10.4 Å². The van der Waals surface area contributed by atoms with Crippen molar-refractivity contribution in [3.8, 4) is 10.4 Å². The largest absolute Gasteiger partial charge is 0.387 e. The minimum Gasteiger partial charge on any atom is -0.387 e. The first kappa shape index (κ1) is 16.8. The van der Waals surface area contributed by atoms with Crippen LogP contribution in [0.3, 0.4) is 0 Å². The number of carbonyl (C=O) groups is 1. The van der Waals surface area contributed by atoms with Crippen LogP contribution in [0, 0.1) is 0 Å².